The molecular formula is C12H18O6. The Labute approximate surface area is 105 Å². The number of carbonyl (C=O) groups excluding carboxylic acids is 1. The summed E-state index contributed by atoms with van der Waals surface area (Å²) >= 11 is 0. The second-order valence-electron chi connectivity index (χ2n) is 4.85. The van der Waals surface area contributed by atoms with Gasteiger partial charge in [0, 0.05) is 18.8 Å². The van der Waals surface area contributed by atoms with E-state index < -0.39 is 5.97 Å². The van der Waals surface area contributed by atoms with Gasteiger partial charge in [-0.05, 0) is 6.42 Å². The maximum Gasteiger partial charge on any atom is 0.306 e. The molecule has 102 valence electrons. The summed E-state index contributed by atoms with van der Waals surface area (Å²) in [4.78, 5) is 21.8. The van der Waals surface area contributed by atoms with Crippen LogP contribution in [0.15, 0.2) is 0 Å². The largest absolute Gasteiger partial charge is 0.481 e. The number of carbonyl (C=O) groups is 2. The third-order valence-corrected chi connectivity index (χ3v) is 3.31. The first kappa shape index (κ1) is 13.3. The van der Waals surface area contributed by atoms with Crippen LogP contribution in [0.3, 0.4) is 0 Å². The zero-order chi connectivity index (χ0) is 13.1. The number of carboxylic acids is 1. The fourth-order valence-electron chi connectivity index (χ4n) is 2.37. The molecule has 4 atom stereocenters. The minimum Gasteiger partial charge on any atom is -0.481 e. The Morgan fingerprint density at radius 3 is 2.67 bits per heavy atom. The first-order valence-electron chi connectivity index (χ1n) is 6.22. The number of ether oxygens (including phenoxy) is 3. The topological polar surface area (TPSA) is 82.1 Å². The predicted octanol–water partition coefficient (Wildman–Crippen LogP) is 0.587. The van der Waals surface area contributed by atoms with Crippen molar-refractivity contribution in [3.8, 4) is 0 Å². The van der Waals surface area contributed by atoms with Crippen molar-refractivity contribution in [3.63, 3.8) is 0 Å². The molecule has 0 saturated carbocycles. The van der Waals surface area contributed by atoms with Crippen molar-refractivity contribution in [2.24, 2.45) is 5.92 Å². The molecule has 0 bridgehead atoms. The lowest BCUT2D eigenvalue weighted by Gasteiger charge is -2.16. The van der Waals surface area contributed by atoms with E-state index in [1.807, 2.05) is 6.92 Å². The normalized spacial score (nSPS) is 34.3. The molecule has 6 heteroatoms. The standard InChI is InChI=1S/C12H18O6/c1-7-5-16-12-8(6-17-11(7)12)18-10(15)4-2-3-9(13)14/h7-8,11-12H,2-6H2,1H3,(H,13,14)/t7-,8-,11-,12-/m1/s1. The third-order valence-electron chi connectivity index (χ3n) is 3.31. The van der Waals surface area contributed by atoms with E-state index in [2.05, 4.69) is 0 Å². The zero-order valence-corrected chi connectivity index (χ0v) is 10.3. The number of aliphatic carboxylic acids is 1. The van der Waals surface area contributed by atoms with Gasteiger partial charge in [-0.25, -0.2) is 0 Å². The maximum absolute atomic E-state index is 11.5. The van der Waals surface area contributed by atoms with Crippen molar-refractivity contribution in [1.82, 2.24) is 0 Å². The summed E-state index contributed by atoms with van der Waals surface area (Å²) in [5.74, 6) is -0.959. The highest BCUT2D eigenvalue weighted by Gasteiger charge is 2.47. The van der Waals surface area contributed by atoms with Crippen LogP contribution in [-0.2, 0) is 23.8 Å². The van der Waals surface area contributed by atoms with Crippen molar-refractivity contribution in [1.29, 1.82) is 0 Å². The molecule has 2 aliphatic heterocycles. The minimum absolute atomic E-state index is 0.0156. The van der Waals surface area contributed by atoms with Gasteiger partial charge in [-0.3, -0.25) is 9.59 Å². The highest BCUT2D eigenvalue weighted by molar-refractivity contribution is 5.71. The Balaban J connectivity index is 1.73. The highest BCUT2D eigenvalue weighted by Crippen LogP contribution is 2.32. The van der Waals surface area contributed by atoms with Crippen molar-refractivity contribution in [2.45, 2.75) is 44.5 Å². The molecule has 18 heavy (non-hydrogen) atoms. The summed E-state index contributed by atoms with van der Waals surface area (Å²) in [6.07, 6.45) is -0.0962. The van der Waals surface area contributed by atoms with Crippen molar-refractivity contribution >= 4 is 11.9 Å². The molecule has 0 aromatic heterocycles. The number of hydrogen-bond donors (Lipinski definition) is 1. The van der Waals surface area contributed by atoms with Crippen LogP contribution in [0.5, 0.6) is 0 Å². The van der Waals surface area contributed by atoms with Crippen LogP contribution in [0.2, 0.25) is 0 Å². The molecule has 2 aliphatic rings. The summed E-state index contributed by atoms with van der Waals surface area (Å²) < 4.78 is 16.4. The van der Waals surface area contributed by atoms with Gasteiger partial charge in [-0.15, -0.1) is 0 Å². The van der Waals surface area contributed by atoms with Gasteiger partial charge in [0.2, 0.25) is 0 Å². The molecule has 0 aromatic rings. The van der Waals surface area contributed by atoms with Gasteiger partial charge in [0.15, 0.2) is 6.10 Å². The number of fused-ring (bicyclic) bond motifs is 1. The second kappa shape index (κ2) is 5.67. The van der Waals surface area contributed by atoms with Crippen LogP contribution in [0, 0.1) is 5.92 Å². The minimum atomic E-state index is -0.903. The lowest BCUT2D eigenvalue weighted by molar-refractivity contribution is -0.153. The third kappa shape index (κ3) is 3.00. The smallest absolute Gasteiger partial charge is 0.306 e. The van der Waals surface area contributed by atoms with Gasteiger partial charge in [0.05, 0.1) is 19.3 Å². The number of esters is 1. The van der Waals surface area contributed by atoms with E-state index in [0.717, 1.165) is 0 Å². The fraction of sp³-hybridized carbons (Fsp3) is 0.833. The molecule has 0 amide bonds. The van der Waals surface area contributed by atoms with Crippen LogP contribution in [0.25, 0.3) is 0 Å². The van der Waals surface area contributed by atoms with Gasteiger partial charge in [-0.1, -0.05) is 6.92 Å². The molecule has 2 rings (SSSR count). The van der Waals surface area contributed by atoms with E-state index in [9.17, 15) is 9.59 Å². The number of hydrogen-bond acceptors (Lipinski definition) is 5. The van der Waals surface area contributed by atoms with Crippen LogP contribution in [0.1, 0.15) is 26.2 Å². The summed E-state index contributed by atoms with van der Waals surface area (Å²) in [5, 5.41) is 8.47. The lowest BCUT2D eigenvalue weighted by atomic mass is 10.0. The van der Waals surface area contributed by atoms with Gasteiger partial charge in [-0.2, -0.15) is 0 Å². The van der Waals surface area contributed by atoms with Crippen molar-refractivity contribution in [2.75, 3.05) is 13.2 Å². The quantitative estimate of drug-likeness (QED) is 0.727. The number of carboxylic acid groups (broad SMARTS) is 1. The van der Waals surface area contributed by atoms with Gasteiger partial charge < -0.3 is 19.3 Å². The maximum atomic E-state index is 11.5. The van der Waals surface area contributed by atoms with Gasteiger partial charge in [0.1, 0.15) is 6.10 Å². The van der Waals surface area contributed by atoms with E-state index in [4.69, 9.17) is 19.3 Å². The first-order valence-corrected chi connectivity index (χ1v) is 6.22. The Morgan fingerprint density at radius 2 is 1.94 bits per heavy atom. The fourth-order valence-corrected chi connectivity index (χ4v) is 2.37. The monoisotopic (exact) mass is 258 g/mol. The van der Waals surface area contributed by atoms with Crippen LogP contribution < -0.4 is 0 Å². The molecule has 2 heterocycles. The Kier molecular flexibility index (Phi) is 4.19. The van der Waals surface area contributed by atoms with Crippen molar-refractivity contribution < 1.29 is 28.9 Å². The van der Waals surface area contributed by atoms with E-state index in [1.165, 1.54) is 0 Å². The van der Waals surface area contributed by atoms with E-state index in [1.54, 1.807) is 0 Å². The molecule has 2 saturated heterocycles. The summed E-state index contributed by atoms with van der Waals surface area (Å²) in [6.45, 7) is 3.04. The summed E-state index contributed by atoms with van der Waals surface area (Å²) in [6, 6.07) is 0. The van der Waals surface area contributed by atoms with Crippen LogP contribution in [-0.4, -0.2) is 48.6 Å². The second-order valence-corrected chi connectivity index (χ2v) is 4.85. The van der Waals surface area contributed by atoms with Crippen LogP contribution >= 0.6 is 0 Å². The van der Waals surface area contributed by atoms with E-state index >= 15 is 0 Å². The molecule has 6 nitrogen and oxygen atoms in total. The van der Waals surface area contributed by atoms with Gasteiger partial charge in [0.25, 0.3) is 0 Å². The SMILES string of the molecule is C[C@@H]1CO[C@H]2[C@@H]1OC[C@H]2OC(=O)CCCC(=O)O. The highest BCUT2D eigenvalue weighted by atomic mass is 16.6. The molecule has 0 spiro atoms. The number of rotatable bonds is 5. The summed E-state index contributed by atoms with van der Waals surface area (Å²) in [7, 11) is 0. The lowest BCUT2D eigenvalue weighted by Crippen LogP contribution is -2.32. The predicted molar refractivity (Wildman–Crippen MR) is 60.0 cm³/mol. The average molecular weight is 258 g/mol. The molecular weight excluding hydrogens is 240 g/mol. The molecule has 1 N–H and O–H groups in total. The molecule has 0 unspecified atom stereocenters. The van der Waals surface area contributed by atoms with Crippen LogP contribution in [0.4, 0.5) is 0 Å². The van der Waals surface area contributed by atoms with Gasteiger partial charge >= 0.3 is 11.9 Å². The molecule has 0 aromatic carbocycles. The summed E-state index contributed by atoms with van der Waals surface area (Å²) in [5.41, 5.74) is 0. The Bertz CT molecular complexity index is 329. The molecule has 0 radical (unpaired) electrons. The van der Waals surface area contributed by atoms with E-state index in [-0.39, 0.29) is 37.1 Å². The molecule has 2 fully saturated rings. The van der Waals surface area contributed by atoms with Crippen molar-refractivity contribution in [3.05, 3.63) is 0 Å². The Morgan fingerprint density at radius 1 is 1.22 bits per heavy atom. The Hall–Kier alpha value is -1.14. The average Bonchev–Trinajstić information content (AvgIpc) is 2.83. The first-order chi connectivity index (χ1) is 8.58. The van der Waals surface area contributed by atoms with E-state index in [0.29, 0.717) is 25.6 Å². The molecule has 0 aliphatic carbocycles. The zero-order valence-electron chi connectivity index (χ0n) is 10.3.